The lowest BCUT2D eigenvalue weighted by molar-refractivity contribution is -0.384. The van der Waals surface area contributed by atoms with Gasteiger partial charge in [-0.1, -0.05) is 0 Å². The molecule has 0 spiro atoms. The Balaban J connectivity index is 2.09. The van der Waals surface area contributed by atoms with E-state index in [-0.39, 0.29) is 28.7 Å². The molecule has 0 saturated carbocycles. The predicted molar refractivity (Wildman–Crippen MR) is 89.5 cm³/mol. The highest BCUT2D eigenvalue weighted by atomic mass is 16.6. The lowest BCUT2D eigenvalue weighted by Crippen LogP contribution is -2.62. The zero-order valence-corrected chi connectivity index (χ0v) is 14.4. The second-order valence-corrected chi connectivity index (χ2v) is 7.57. The number of nitro groups is 1. The van der Waals surface area contributed by atoms with E-state index >= 15 is 0 Å². The van der Waals surface area contributed by atoms with Crippen molar-refractivity contribution in [3.63, 3.8) is 0 Å². The van der Waals surface area contributed by atoms with Crippen LogP contribution in [0.4, 0.5) is 5.69 Å². The van der Waals surface area contributed by atoms with Gasteiger partial charge in [0.2, 0.25) is 0 Å². The maximum atomic E-state index is 12.4. The van der Waals surface area contributed by atoms with Gasteiger partial charge in [-0.05, 0) is 59.7 Å². The van der Waals surface area contributed by atoms with Crippen LogP contribution in [-0.4, -0.2) is 39.9 Å². The summed E-state index contributed by atoms with van der Waals surface area (Å²) >= 11 is 0. The average molecular weight is 319 g/mol. The Kier molecular flexibility index (Phi) is 4.48. The SMILES string of the molecule is CN1C(C)(C)CC(NC(=O)c2ccc([N+](=O)[O-])cc2)CC1(C)C. The van der Waals surface area contributed by atoms with Crippen LogP contribution in [0.1, 0.15) is 50.9 Å². The Morgan fingerprint density at radius 2 is 1.65 bits per heavy atom. The van der Waals surface area contributed by atoms with E-state index in [1.165, 1.54) is 24.3 Å². The topological polar surface area (TPSA) is 75.5 Å². The van der Waals surface area contributed by atoms with Crippen molar-refractivity contribution >= 4 is 11.6 Å². The number of hydrogen-bond donors (Lipinski definition) is 1. The first-order chi connectivity index (χ1) is 10.5. The highest BCUT2D eigenvalue weighted by molar-refractivity contribution is 5.94. The summed E-state index contributed by atoms with van der Waals surface area (Å²) in [5, 5.41) is 13.8. The quantitative estimate of drug-likeness (QED) is 0.686. The molecule has 0 aromatic heterocycles. The van der Waals surface area contributed by atoms with Crippen LogP contribution >= 0.6 is 0 Å². The number of carbonyl (C=O) groups excluding carboxylic acids is 1. The summed E-state index contributed by atoms with van der Waals surface area (Å²) in [6, 6.07) is 5.80. The molecule has 0 bridgehead atoms. The number of rotatable bonds is 3. The van der Waals surface area contributed by atoms with Crippen molar-refractivity contribution in [1.29, 1.82) is 0 Å². The minimum atomic E-state index is -0.469. The van der Waals surface area contributed by atoms with Crippen molar-refractivity contribution in [1.82, 2.24) is 10.2 Å². The molecule has 126 valence electrons. The number of carbonyl (C=O) groups is 1. The van der Waals surface area contributed by atoms with Gasteiger partial charge in [-0.15, -0.1) is 0 Å². The first kappa shape index (κ1) is 17.4. The minimum Gasteiger partial charge on any atom is -0.349 e. The number of hydrogen-bond acceptors (Lipinski definition) is 4. The minimum absolute atomic E-state index is 0.00479. The van der Waals surface area contributed by atoms with Crippen LogP contribution in [0.5, 0.6) is 0 Å². The summed E-state index contributed by atoms with van der Waals surface area (Å²) in [6.45, 7) is 8.72. The molecule has 6 heteroatoms. The summed E-state index contributed by atoms with van der Waals surface area (Å²) in [5.74, 6) is -0.180. The standard InChI is InChI=1S/C17H25N3O3/c1-16(2)10-13(11-17(3,4)19(16)5)18-15(21)12-6-8-14(9-7-12)20(22)23/h6-9,13H,10-11H2,1-5H3,(H,18,21). The summed E-state index contributed by atoms with van der Waals surface area (Å²) in [7, 11) is 2.12. The van der Waals surface area contributed by atoms with E-state index in [2.05, 4.69) is 45.0 Å². The molecule has 1 N–H and O–H groups in total. The molecule has 0 unspecified atom stereocenters. The molecule has 2 rings (SSSR count). The largest absolute Gasteiger partial charge is 0.349 e. The maximum absolute atomic E-state index is 12.4. The van der Waals surface area contributed by atoms with Gasteiger partial charge in [-0.2, -0.15) is 0 Å². The Morgan fingerprint density at radius 1 is 1.17 bits per heavy atom. The average Bonchev–Trinajstić information content (AvgIpc) is 2.44. The number of amides is 1. The van der Waals surface area contributed by atoms with E-state index in [0.29, 0.717) is 5.56 Å². The van der Waals surface area contributed by atoms with E-state index in [0.717, 1.165) is 12.8 Å². The van der Waals surface area contributed by atoms with Gasteiger partial charge >= 0.3 is 0 Å². The Morgan fingerprint density at radius 3 is 2.09 bits per heavy atom. The molecule has 1 amide bonds. The summed E-state index contributed by atoms with van der Waals surface area (Å²) in [5.41, 5.74) is 0.429. The van der Waals surface area contributed by atoms with Gasteiger partial charge in [-0.25, -0.2) is 0 Å². The molecule has 1 saturated heterocycles. The Bertz CT molecular complexity index is 590. The van der Waals surface area contributed by atoms with Gasteiger partial charge < -0.3 is 5.32 Å². The number of piperidine rings is 1. The van der Waals surface area contributed by atoms with Crippen molar-refractivity contribution in [2.75, 3.05) is 7.05 Å². The first-order valence-electron chi connectivity index (χ1n) is 7.82. The van der Waals surface area contributed by atoms with Crippen molar-refractivity contribution in [2.24, 2.45) is 0 Å². The zero-order chi connectivity index (χ0) is 17.4. The van der Waals surface area contributed by atoms with E-state index < -0.39 is 4.92 Å². The van der Waals surface area contributed by atoms with Crippen molar-refractivity contribution in [3.8, 4) is 0 Å². The van der Waals surface area contributed by atoms with Crippen LogP contribution in [0.2, 0.25) is 0 Å². The molecule has 1 aliphatic rings. The highest BCUT2D eigenvalue weighted by Gasteiger charge is 2.43. The molecular weight excluding hydrogens is 294 g/mol. The van der Waals surface area contributed by atoms with Crippen LogP contribution in [0.25, 0.3) is 0 Å². The molecule has 0 aliphatic carbocycles. The van der Waals surface area contributed by atoms with Crippen LogP contribution in [0.3, 0.4) is 0 Å². The Hall–Kier alpha value is -1.95. The number of non-ortho nitro benzene ring substituents is 1. The lowest BCUT2D eigenvalue weighted by atomic mass is 9.77. The van der Waals surface area contributed by atoms with Crippen molar-refractivity contribution in [2.45, 2.75) is 57.7 Å². The fraction of sp³-hybridized carbons (Fsp3) is 0.588. The van der Waals surface area contributed by atoms with Gasteiger partial charge in [0.15, 0.2) is 0 Å². The third-order valence-electron chi connectivity index (χ3n) is 4.98. The highest BCUT2D eigenvalue weighted by Crippen LogP contribution is 2.36. The molecule has 0 atom stereocenters. The molecule has 1 aromatic carbocycles. The number of benzene rings is 1. The van der Waals surface area contributed by atoms with E-state index in [1.54, 1.807) is 0 Å². The van der Waals surface area contributed by atoms with Crippen LogP contribution < -0.4 is 5.32 Å². The van der Waals surface area contributed by atoms with E-state index in [1.807, 2.05) is 0 Å². The lowest BCUT2D eigenvalue weighted by Gasteiger charge is -2.53. The smallest absolute Gasteiger partial charge is 0.269 e. The van der Waals surface area contributed by atoms with E-state index in [4.69, 9.17) is 0 Å². The molecule has 1 heterocycles. The summed E-state index contributed by atoms with van der Waals surface area (Å²) in [4.78, 5) is 25.0. The maximum Gasteiger partial charge on any atom is 0.269 e. The molecule has 1 aliphatic heterocycles. The molecule has 1 aromatic rings. The number of nitrogens with zero attached hydrogens (tertiary/aromatic N) is 2. The third kappa shape index (κ3) is 3.69. The fourth-order valence-corrected chi connectivity index (χ4v) is 3.48. The second kappa shape index (κ2) is 5.92. The summed E-state index contributed by atoms with van der Waals surface area (Å²) < 4.78 is 0. The van der Waals surface area contributed by atoms with Crippen LogP contribution in [-0.2, 0) is 0 Å². The van der Waals surface area contributed by atoms with Gasteiger partial charge in [0.25, 0.3) is 11.6 Å². The van der Waals surface area contributed by atoms with Crippen molar-refractivity contribution < 1.29 is 9.72 Å². The van der Waals surface area contributed by atoms with Crippen LogP contribution in [0.15, 0.2) is 24.3 Å². The second-order valence-electron chi connectivity index (χ2n) is 7.57. The zero-order valence-electron chi connectivity index (χ0n) is 14.4. The van der Waals surface area contributed by atoms with Gasteiger partial charge in [0.05, 0.1) is 4.92 Å². The molecule has 1 fully saturated rings. The Labute approximate surface area is 137 Å². The number of nitro benzene ring substituents is 1. The van der Waals surface area contributed by atoms with Crippen LogP contribution in [0, 0.1) is 10.1 Å². The molecule has 6 nitrogen and oxygen atoms in total. The first-order valence-corrected chi connectivity index (χ1v) is 7.82. The monoisotopic (exact) mass is 319 g/mol. The number of likely N-dealkylation sites (tertiary alicyclic amines) is 1. The van der Waals surface area contributed by atoms with Crippen molar-refractivity contribution in [3.05, 3.63) is 39.9 Å². The third-order valence-corrected chi connectivity index (χ3v) is 4.98. The van der Waals surface area contributed by atoms with Gasteiger partial charge in [0, 0.05) is 34.8 Å². The van der Waals surface area contributed by atoms with E-state index in [9.17, 15) is 14.9 Å². The van der Waals surface area contributed by atoms with Gasteiger partial charge in [-0.3, -0.25) is 19.8 Å². The van der Waals surface area contributed by atoms with Gasteiger partial charge in [0.1, 0.15) is 0 Å². The molecule has 23 heavy (non-hydrogen) atoms. The predicted octanol–water partition coefficient (Wildman–Crippen LogP) is 2.98. The molecular formula is C17H25N3O3. The normalized spacial score (nSPS) is 20.9. The molecule has 0 radical (unpaired) electrons. The fourth-order valence-electron chi connectivity index (χ4n) is 3.48. The summed E-state index contributed by atoms with van der Waals surface area (Å²) in [6.07, 6.45) is 1.73. The number of nitrogens with one attached hydrogen (secondary N) is 1.